The standard InChI is InChI=1S/C21H30N4O2/c1-15-3-7-17(8-4-15)13-23-20(12-11-19(22)21(26)25-27)24-14-18-9-5-16(2)6-10-18/h3-10,19-20,23-24,27H,11-14,22H2,1-2H3,(H,25,26)/t19-/m0/s1. The average Bonchev–Trinajstić information content (AvgIpc) is 2.69. The minimum atomic E-state index is -0.736. The van der Waals surface area contributed by atoms with Crippen molar-refractivity contribution in [2.75, 3.05) is 0 Å². The van der Waals surface area contributed by atoms with Gasteiger partial charge in [-0.1, -0.05) is 59.7 Å². The van der Waals surface area contributed by atoms with Crippen molar-refractivity contribution in [3.63, 3.8) is 0 Å². The molecule has 6 heteroatoms. The van der Waals surface area contributed by atoms with E-state index in [1.54, 1.807) is 5.48 Å². The number of hydrogen-bond acceptors (Lipinski definition) is 5. The summed E-state index contributed by atoms with van der Waals surface area (Å²) in [6.45, 7) is 5.56. The number of hydrogen-bond donors (Lipinski definition) is 5. The maximum Gasteiger partial charge on any atom is 0.260 e. The van der Waals surface area contributed by atoms with E-state index in [4.69, 9.17) is 10.9 Å². The molecule has 0 aliphatic carbocycles. The quantitative estimate of drug-likeness (QED) is 0.251. The predicted molar refractivity (Wildman–Crippen MR) is 107 cm³/mol. The Kier molecular flexibility index (Phi) is 8.42. The van der Waals surface area contributed by atoms with Crippen LogP contribution in [0, 0.1) is 13.8 Å². The topological polar surface area (TPSA) is 99.4 Å². The zero-order valence-corrected chi connectivity index (χ0v) is 16.0. The zero-order valence-electron chi connectivity index (χ0n) is 16.0. The lowest BCUT2D eigenvalue weighted by Crippen LogP contribution is -2.45. The van der Waals surface area contributed by atoms with Crippen LogP contribution >= 0.6 is 0 Å². The van der Waals surface area contributed by atoms with Crippen molar-refractivity contribution in [3.05, 3.63) is 70.8 Å². The van der Waals surface area contributed by atoms with E-state index in [0.717, 1.165) is 0 Å². The van der Waals surface area contributed by atoms with Gasteiger partial charge in [0.15, 0.2) is 0 Å². The first kappa shape index (κ1) is 21.1. The van der Waals surface area contributed by atoms with Gasteiger partial charge in [0.1, 0.15) is 0 Å². The maximum absolute atomic E-state index is 11.4. The van der Waals surface area contributed by atoms with Crippen LogP contribution in [-0.4, -0.2) is 23.3 Å². The summed E-state index contributed by atoms with van der Waals surface area (Å²) >= 11 is 0. The molecular formula is C21H30N4O2. The molecule has 0 saturated carbocycles. The number of amides is 1. The third kappa shape index (κ3) is 7.48. The summed E-state index contributed by atoms with van der Waals surface area (Å²) in [5, 5.41) is 15.7. The lowest BCUT2D eigenvalue weighted by atomic mass is 10.1. The molecule has 1 amide bonds. The van der Waals surface area contributed by atoms with Gasteiger partial charge >= 0.3 is 0 Å². The Labute approximate surface area is 161 Å². The second-order valence-electron chi connectivity index (χ2n) is 6.95. The lowest BCUT2D eigenvalue weighted by Gasteiger charge is -2.22. The molecule has 6 N–H and O–H groups in total. The number of aryl methyl sites for hydroxylation is 2. The first-order valence-corrected chi connectivity index (χ1v) is 9.25. The molecule has 0 bridgehead atoms. The number of nitrogens with two attached hydrogens (primary N) is 1. The molecule has 0 radical (unpaired) electrons. The molecule has 0 fully saturated rings. The van der Waals surface area contributed by atoms with Crippen molar-refractivity contribution < 1.29 is 10.0 Å². The highest BCUT2D eigenvalue weighted by atomic mass is 16.5. The minimum absolute atomic E-state index is 0.00912. The molecular weight excluding hydrogens is 340 g/mol. The fourth-order valence-corrected chi connectivity index (χ4v) is 2.73. The van der Waals surface area contributed by atoms with Crippen molar-refractivity contribution in [3.8, 4) is 0 Å². The van der Waals surface area contributed by atoms with Crippen LogP contribution in [0.2, 0.25) is 0 Å². The second-order valence-corrected chi connectivity index (χ2v) is 6.95. The van der Waals surface area contributed by atoms with Crippen molar-refractivity contribution in [2.45, 2.75) is 52.0 Å². The van der Waals surface area contributed by atoms with Gasteiger partial charge in [-0.15, -0.1) is 0 Å². The Bertz CT molecular complexity index is 652. The van der Waals surface area contributed by atoms with E-state index < -0.39 is 11.9 Å². The van der Waals surface area contributed by atoms with Crippen LogP contribution in [0.25, 0.3) is 0 Å². The molecule has 2 rings (SSSR count). The van der Waals surface area contributed by atoms with Gasteiger partial charge < -0.3 is 5.73 Å². The van der Waals surface area contributed by atoms with E-state index in [1.165, 1.54) is 22.3 Å². The van der Waals surface area contributed by atoms with Crippen LogP contribution in [0.4, 0.5) is 0 Å². The first-order valence-electron chi connectivity index (χ1n) is 9.25. The molecule has 0 aliphatic rings. The highest BCUT2D eigenvalue weighted by Gasteiger charge is 2.16. The molecule has 2 aromatic rings. The van der Waals surface area contributed by atoms with E-state index in [1.807, 2.05) is 0 Å². The number of rotatable bonds is 10. The number of nitrogens with one attached hydrogen (secondary N) is 3. The molecule has 6 nitrogen and oxygen atoms in total. The molecule has 0 unspecified atom stereocenters. The summed E-state index contributed by atoms with van der Waals surface area (Å²) in [6, 6.07) is 16.0. The van der Waals surface area contributed by atoms with Gasteiger partial charge in [-0.3, -0.25) is 20.6 Å². The molecule has 0 spiro atoms. The third-order valence-corrected chi connectivity index (χ3v) is 4.56. The summed E-state index contributed by atoms with van der Waals surface area (Å²) in [7, 11) is 0. The molecule has 0 heterocycles. The molecule has 27 heavy (non-hydrogen) atoms. The van der Waals surface area contributed by atoms with Gasteiger partial charge in [-0.05, 0) is 37.8 Å². The highest BCUT2D eigenvalue weighted by Crippen LogP contribution is 2.07. The third-order valence-electron chi connectivity index (χ3n) is 4.56. The SMILES string of the molecule is Cc1ccc(CNC(CC[C@H](N)C(=O)NO)NCc2ccc(C)cc2)cc1. The Hall–Kier alpha value is -2.25. The normalized spacial score (nSPS) is 12.2. The number of hydroxylamine groups is 1. The monoisotopic (exact) mass is 370 g/mol. The molecule has 0 saturated heterocycles. The first-order chi connectivity index (χ1) is 13.0. The van der Waals surface area contributed by atoms with Crippen molar-refractivity contribution in [1.82, 2.24) is 16.1 Å². The smallest absolute Gasteiger partial charge is 0.260 e. The molecule has 2 aromatic carbocycles. The second kappa shape index (κ2) is 10.8. The van der Waals surface area contributed by atoms with E-state index in [0.29, 0.717) is 25.9 Å². The van der Waals surface area contributed by atoms with Crippen LogP contribution in [-0.2, 0) is 17.9 Å². The van der Waals surface area contributed by atoms with Crippen molar-refractivity contribution >= 4 is 5.91 Å². The summed E-state index contributed by atoms with van der Waals surface area (Å²) in [6.07, 6.45) is 1.11. The largest absolute Gasteiger partial charge is 0.320 e. The minimum Gasteiger partial charge on any atom is -0.320 e. The summed E-state index contributed by atoms with van der Waals surface area (Å²) < 4.78 is 0. The Balaban J connectivity index is 1.92. The molecule has 0 aromatic heterocycles. The fraction of sp³-hybridized carbons (Fsp3) is 0.381. The summed E-state index contributed by atoms with van der Waals surface area (Å²) in [5.74, 6) is -0.564. The van der Waals surface area contributed by atoms with Crippen LogP contribution in [0.1, 0.15) is 35.1 Å². The van der Waals surface area contributed by atoms with E-state index in [2.05, 4.69) is 73.0 Å². The van der Waals surface area contributed by atoms with Gasteiger partial charge in [0.2, 0.25) is 0 Å². The van der Waals surface area contributed by atoms with Gasteiger partial charge in [-0.2, -0.15) is 0 Å². The zero-order chi connectivity index (χ0) is 19.6. The average molecular weight is 370 g/mol. The number of carbonyl (C=O) groups excluding carboxylic acids is 1. The fourth-order valence-electron chi connectivity index (χ4n) is 2.73. The predicted octanol–water partition coefficient (Wildman–Crippen LogP) is 2.12. The van der Waals surface area contributed by atoms with Gasteiger partial charge in [0.05, 0.1) is 12.2 Å². The van der Waals surface area contributed by atoms with Crippen LogP contribution in [0.5, 0.6) is 0 Å². The summed E-state index contributed by atoms with van der Waals surface area (Å²) in [4.78, 5) is 11.4. The molecule has 0 aliphatic heterocycles. The van der Waals surface area contributed by atoms with Gasteiger partial charge in [0.25, 0.3) is 5.91 Å². The Morgan fingerprint density at radius 1 is 0.889 bits per heavy atom. The lowest BCUT2D eigenvalue weighted by molar-refractivity contribution is -0.130. The Morgan fingerprint density at radius 2 is 1.33 bits per heavy atom. The van der Waals surface area contributed by atoms with E-state index in [-0.39, 0.29) is 6.17 Å². The van der Waals surface area contributed by atoms with E-state index in [9.17, 15) is 4.79 Å². The molecule has 1 atom stereocenters. The van der Waals surface area contributed by atoms with Crippen LogP contribution in [0.3, 0.4) is 0 Å². The van der Waals surface area contributed by atoms with Crippen LogP contribution in [0.15, 0.2) is 48.5 Å². The number of benzene rings is 2. The number of carbonyl (C=O) groups is 1. The molecule has 146 valence electrons. The van der Waals surface area contributed by atoms with Crippen molar-refractivity contribution in [1.29, 1.82) is 0 Å². The van der Waals surface area contributed by atoms with Crippen LogP contribution < -0.4 is 21.8 Å². The Morgan fingerprint density at radius 3 is 1.74 bits per heavy atom. The highest BCUT2D eigenvalue weighted by molar-refractivity contribution is 5.80. The van der Waals surface area contributed by atoms with Crippen molar-refractivity contribution in [2.24, 2.45) is 5.73 Å². The summed E-state index contributed by atoms with van der Waals surface area (Å²) in [5.41, 5.74) is 12.3. The maximum atomic E-state index is 11.4. The van der Waals surface area contributed by atoms with Gasteiger partial charge in [0, 0.05) is 13.1 Å². The van der Waals surface area contributed by atoms with E-state index >= 15 is 0 Å². The van der Waals surface area contributed by atoms with Gasteiger partial charge in [-0.25, -0.2) is 5.48 Å².